The number of halogens is 1. The summed E-state index contributed by atoms with van der Waals surface area (Å²) < 4.78 is 17.0. The first kappa shape index (κ1) is 15.9. The first-order valence-corrected chi connectivity index (χ1v) is 8.14. The van der Waals surface area contributed by atoms with E-state index in [-0.39, 0.29) is 25.1 Å². The van der Waals surface area contributed by atoms with Crippen molar-refractivity contribution in [3.8, 4) is 5.69 Å². The topological polar surface area (TPSA) is 85.0 Å². The molecule has 1 unspecified atom stereocenters. The summed E-state index contributed by atoms with van der Waals surface area (Å²) in [6, 6.07) is 9.37. The average Bonchev–Trinajstić information content (AvgIpc) is 3.06. The summed E-state index contributed by atoms with van der Waals surface area (Å²) in [7, 11) is 0. The molecule has 0 aliphatic carbocycles. The van der Waals surface area contributed by atoms with Crippen molar-refractivity contribution in [2.45, 2.75) is 24.7 Å². The molecule has 7 nitrogen and oxygen atoms in total. The first-order chi connectivity index (χ1) is 12.1. The van der Waals surface area contributed by atoms with Crippen molar-refractivity contribution in [2.24, 2.45) is 0 Å². The summed E-state index contributed by atoms with van der Waals surface area (Å²) in [6.45, 7) is 0.453. The number of fused-ring (bicyclic) bond motifs is 1. The van der Waals surface area contributed by atoms with Crippen LogP contribution in [0.5, 0.6) is 0 Å². The summed E-state index contributed by atoms with van der Waals surface area (Å²) in [5, 5.41) is 18.0. The van der Waals surface area contributed by atoms with Crippen molar-refractivity contribution in [1.29, 1.82) is 0 Å². The number of benzene rings is 1. The van der Waals surface area contributed by atoms with Gasteiger partial charge in [-0.15, -0.1) is 0 Å². The molecule has 2 N–H and O–H groups in total. The van der Waals surface area contributed by atoms with Crippen LogP contribution in [0.1, 0.15) is 6.42 Å². The number of nitrogens with one attached hydrogen (secondary N) is 1. The maximum absolute atomic E-state index is 14.1. The second-order valence-corrected chi connectivity index (χ2v) is 6.33. The Labute approximate surface area is 142 Å². The Morgan fingerprint density at radius 1 is 1.36 bits per heavy atom. The number of hydrogen-bond acceptors (Lipinski definition) is 5. The fraction of sp³-hybridized carbons (Fsp3) is 0.353. The van der Waals surface area contributed by atoms with Gasteiger partial charge in [-0.3, -0.25) is 9.36 Å². The van der Waals surface area contributed by atoms with E-state index in [1.54, 1.807) is 4.68 Å². The third-order valence-electron chi connectivity index (χ3n) is 4.64. The maximum Gasteiger partial charge on any atom is 0.264 e. The summed E-state index contributed by atoms with van der Waals surface area (Å²) >= 11 is 0. The van der Waals surface area contributed by atoms with E-state index in [4.69, 9.17) is 0 Å². The minimum Gasteiger partial charge on any atom is -0.385 e. The predicted molar refractivity (Wildman–Crippen MR) is 90.5 cm³/mol. The summed E-state index contributed by atoms with van der Waals surface area (Å²) in [5.41, 5.74) is -0.685. The van der Waals surface area contributed by atoms with Gasteiger partial charge in [0.1, 0.15) is 23.5 Å². The lowest BCUT2D eigenvalue weighted by Gasteiger charge is -2.35. The lowest BCUT2D eigenvalue weighted by molar-refractivity contribution is -0.0678. The Kier molecular flexibility index (Phi) is 3.85. The van der Waals surface area contributed by atoms with Crippen LogP contribution in [-0.4, -0.2) is 49.3 Å². The number of hydrogen-bond donors (Lipinski definition) is 2. The van der Waals surface area contributed by atoms with Crippen molar-refractivity contribution in [2.75, 3.05) is 13.1 Å². The quantitative estimate of drug-likeness (QED) is 0.729. The highest BCUT2D eigenvalue weighted by Crippen LogP contribution is 2.23. The lowest BCUT2D eigenvalue weighted by Crippen LogP contribution is -2.55. The summed E-state index contributed by atoms with van der Waals surface area (Å²) in [4.78, 5) is 17.0. The first-order valence-electron chi connectivity index (χ1n) is 8.14. The monoisotopic (exact) mass is 343 g/mol. The van der Waals surface area contributed by atoms with Crippen molar-refractivity contribution in [3.63, 3.8) is 0 Å². The molecular weight excluding hydrogens is 325 g/mol. The van der Waals surface area contributed by atoms with Gasteiger partial charge in [0.15, 0.2) is 5.65 Å². The van der Waals surface area contributed by atoms with E-state index in [9.17, 15) is 14.3 Å². The molecule has 3 aromatic rings. The molecule has 0 amide bonds. The van der Waals surface area contributed by atoms with E-state index < -0.39 is 11.8 Å². The average molecular weight is 343 g/mol. The molecule has 130 valence electrons. The van der Waals surface area contributed by atoms with Crippen LogP contribution in [-0.2, 0) is 6.54 Å². The fourth-order valence-electron chi connectivity index (χ4n) is 3.17. The Bertz CT molecular complexity index is 955. The van der Waals surface area contributed by atoms with Crippen LogP contribution in [0.2, 0.25) is 0 Å². The molecule has 2 aromatic heterocycles. The van der Waals surface area contributed by atoms with Gasteiger partial charge in [-0.2, -0.15) is 5.10 Å². The van der Waals surface area contributed by atoms with Crippen LogP contribution < -0.4 is 10.9 Å². The van der Waals surface area contributed by atoms with E-state index in [2.05, 4.69) is 15.4 Å². The molecular formula is C17H18FN5O2. The number of aliphatic hydroxyl groups is 1. The smallest absolute Gasteiger partial charge is 0.264 e. The number of rotatable bonds is 3. The molecule has 1 saturated heterocycles. The fourth-order valence-corrected chi connectivity index (χ4v) is 3.17. The highest BCUT2D eigenvalue weighted by Gasteiger charge is 2.40. The number of para-hydroxylation sites is 1. The SMILES string of the molecule is O=c1c2cnn(-c3ccccc3)c2ncn1C[C@]1(O)CCNCC1F. The molecule has 1 aliphatic rings. The second-order valence-electron chi connectivity index (χ2n) is 6.33. The molecule has 25 heavy (non-hydrogen) atoms. The van der Waals surface area contributed by atoms with Crippen LogP contribution in [0.3, 0.4) is 0 Å². The van der Waals surface area contributed by atoms with Gasteiger partial charge in [0.25, 0.3) is 5.56 Å². The minimum absolute atomic E-state index is 0.0763. The summed E-state index contributed by atoms with van der Waals surface area (Å²) in [6.07, 6.45) is 1.60. The maximum atomic E-state index is 14.1. The van der Waals surface area contributed by atoms with Gasteiger partial charge >= 0.3 is 0 Å². The highest BCUT2D eigenvalue weighted by atomic mass is 19.1. The molecule has 2 atom stereocenters. The van der Waals surface area contributed by atoms with Crippen LogP contribution in [0.25, 0.3) is 16.7 Å². The Hall–Kier alpha value is -2.58. The zero-order valence-corrected chi connectivity index (χ0v) is 13.5. The third kappa shape index (κ3) is 2.73. The van der Waals surface area contributed by atoms with Crippen LogP contribution in [0.15, 0.2) is 47.7 Å². The molecule has 1 aromatic carbocycles. The Morgan fingerprint density at radius 2 is 2.16 bits per heavy atom. The van der Waals surface area contributed by atoms with Crippen molar-refractivity contribution >= 4 is 11.0 Å². The third-order valence-corrected chi connectivity index (χ3v) is 4.64. The van der Waals surface area contributed by atoms with Gasteiger partial charge < -0.3 is 10.4 Å². The zero-order chi connectivity index (χ0) is 17.4. The molecule has 0 bridgehead atoms. The molecule has 0 spiro atoms. The van der Waals surface area contributed by atoms with Gasteiger partial charge in [-0.1, -0.05) is 18.2 Å². The zero-order valence-electron chi connectivity index (χ0n) is 13.5. The molecule has 8 heteroatoms. The van der Waals surface area contributed by atoms with Crippen LogP contribution in [0.4, 0.5) is 4.39 Å². The van der Waals surface area contributed by atoms with E-state index >= 15 is 0 Å². The summed E-state index contributed by atoms with van der Waals surface area (Å²) in [5.74, 6) is 0. The van der Waals surface area contributed by atoms with Crippen LogP contribution >= 0.6 is 0 Å². The second kappa shape index (κ2) is 6.05. The standard InChI is InChI=1S/C17H18FN5O2/c18-14-9-19-7-6-17(14,25)10-22-11-20-15-13(16(22)24)8-21-23(15)12-4-2-1-3-5-12/h1-5,8,11,14,19,25H,6-7,9-10H2/t14?,17-/m1/s1. The van der Waals surface area contributed by atoms with Crippen molar-refractivity contribution < 1.29 is 9.50 Å². The van der Waals surface area contributed by atoms with E-state index in [1.165, 1.54) is 17.1 Å². The number of aromatic nitrogens is 4. The van der Waals surface area contributed by atoms with Gasteiger partial charge in [0, 0.05) is 6.54 Å². The number of piperidine rings is 1. The molecule has 3 heterocycles. The van der Waals surface area contributed by atoms with E-state index in [0.717, 1.165) is 5.69 Å². The molecule has 1 aliphatic heterocycles. The Morgan fingerprint density at radius 3 is 2.92 bits per heavy atom. The van der Waals surface area contributed by atoms with Gasteiger partial charge in [-0.05, 0) is 25.1 Å². The van der Waals surface area contributed by atoms with Crippen molar-refractivity contribution in [1.82, 2.24) is 24.6 Å². The predicted octanol–water partition coefficient (Wildman–Crippen LogP) is 0.645. The highest BCUT2D eigenvalue weighted by molar-refractivity contribution is 5.74. The van der Waals surface area contributed by atoms with Gasteiger partial charge in [0.05, 0.1) is 18.4 Å². The van der Waals surface area contributed by atoms with E-state index in [0.29, 0.717) is 17.6 Å². The molecule has 1 fully saturated rings. The Balaban J connectivity index is 1.73. The van der Waals surface area contributed by atoms with E-state index in [1.807, 2.05) is 30.3 Å². The minimum atomic E-state index is -1.57. The van der Waals surface area contributed by atoms with Crippen molar-refractivity contribution in [3.05, 3.63) is 53.2 Å². The number of alkyl halides is 1. The largest absolute Gasteiger partial charge is 0.385 e. The van der Waals surface area contributed by atoms with Crippen LogP contribution in [0, 0.1) is 0 Å². The van der Waals surface area contributed by atoms with Gasteiger partial charge in [-0.25, -0.2) is 14.1 Å². The molecule has 0 saturated carbocycles. The normalized spacial score (nSPS) is 23.8. The lowest BCUT2D eigenvalue weighted by atomic mass is 9.90. The number of nitrogens with zero attached hydrogens (tertiary/aromatic N) is 4. The molecule has 0 radical (unpaired) electrons. The van der Waals surface area contributed by atoms with Gasteiger partial charge in [0.2, 0.25) is 0 Å². The molecule has 4 rings (SSSR count).